The van der Waals surface area contributed by atoms with E-state index in [1.165, 1.54) is 77.0 Å². The quantitative estimate of drug-likeness (QED) is 0.678. The third kappa shape index (κ3) is 5.98. The third-order valence-electron chi connectivity index (χ3n) is 7.26. The fraction of sp³-hybridized carbons (Fsp3) is 0.955. The molecule has 3 aliphatic carbocycles. The topological polar surface area (TPSA) is 46.5 Å². The van der Waals surface area contributed by atoms with Gasteiger partial charge in [-0.15, -0.1) is 0 Å². The summed E-state index contributed by atoms with van der Waals surface area (Å²) >= 11 is 0. The van der Waals surface area contributed by atoms with Gasteiger partial charge in [0.15, 0.2) is 0 Å². The molecular weight excluding hydrogens is 312 g/mol. The van der Waals surface area contributed by atoms with Crippen molar-refractivity contribution >= 4 is 5.97 Å². The van der Waals surface area contributed by atoms with Crippen LogP contribution in [0.15, 0.2) is 0 Å². The molecule has 0 aliphatic heterocycles. The number of aliphatic hydroxyl groups is 1. The molecule has 0 radical (unpaired) electrons. The molecule has 1 N–H and O–H groups in total. The van der Waals surface area contributed by atoms with Crippen molar-refractivity contribution in [2.24, 2.45) is 29.6 Å². The summed E-state index contributed by atoms with van der Waals surface area (Å²) in [5.74, 6) is 3.13. The number of hydrogen-bond acceptors (Lipinski definition) is 3. The predicted molar refractivity (Wildman–Crippen MR) is 100 cm³/mol. The number of esters is 1. The molecule has 3 nitrogen and oxygen atoms in total. The number of hydrogen-bond donors (Lipinski definition) is 1. The first kappa shape index (κ1) is 19.2. The van der Waals surface area contributed by atoms with E-state index in [2.05, 4.69) is 0 Å². The molecule has 0 aromatic heterocycles. The second kappa shape index (κ2) is 9.94. The molecule has 144 valence electrons. The van der Waals surface area contributed by atoms with Gasteiger partial charge < -0.3 is 9.84 Å². The Kier molecular flexibility index (Phi) is 7.64. The van der Waals surface area contributed by atoms with E-state index in [1.807, 2.05) is 0 Å². The normalized spacial score (nSPS) is 34.6. The molecule has 3 heteroatoms. The first-order valence-corrected chi connectivity index (χ1v) is 11.0. The summed E-state index contributed by atoms with van der Waals surface area (Å²) in [5.41, 5.74) is 0. The summed E-state index contributed by atoms with van der Waals surface area (Å²) in [6.45, 7) is 1.05. The van der Waals surface area contributed by atoms with Crippen molar-refractivity contribution in [3.05, 3.63) is 0 Å². The first-order valence-electron chi connectivity index (χ1n) is 11.0. The van der Waals surface area contributed by atoms with Gasteiger partial charge in [-0.05, 0) is 81.5 Å². The van der Waals surface area contributed by atoms with Crippen LogP contribution in [0.1, 0.15) is 89.9 Å². The maximum atomic E-state index is 12.4. The first-order chi connectivity index (χ1) is 12.2. The van der Waals surface area contributed by atoms with Crippen LogP contribution in [0.2, 0.25) is 0 Å². The predicted octanol–water partition coefficient (Wildman–Crippen LogP) is 5.11. The summed E-state index contributed by atoms with van der Waals surface area (Å²) in [7, 11) is 0. The molecule has 0 heterocycles. The smallest absolute Gasteiger partial charge is 0.308 e. The highest BCUT2D eigenvalue weighted by Gasteiger charge is 2.30. The van der Waals surface area contributed by atoms with Gasteiger partial charge >= 0.3 is 5.97 Å². The van der Waals surface area contributed by atoms with Crippen LogP contribution in [0.25, 0.3) is 0 Å². The van der Waals surface area contributed by atoms with Crippen molar-refractivity contribution in [3.63, 3.8) is 0 Å². The summed E-state index contributed by atoms with van der Waals surface area (Å²) in [6, 6.07) is 0. The molecule has 0 aromatic rings. The van der Waals surface area contributed by atoms with Crippen molar-refractivity contribution in [2.45, 2.75) is 89.9 Å². The molecule has 3 fully saturated rings. The maximum absolute atomic E-state index is 12.4. The average Bonchev–Trinajstić information content (AvgIpc) is 2.68. The summed E-state index contributed by atoms with van der Waals surface area (Å²) in [5, 5.41) is 9.26. The zero-order chi connectivity index (χ0) is 17.5. The summed E-state index contributed by atoms with van der Waals surface area (Å²) in [6.07, 6.45) is 17.4. The number of rotatable bonds is 6. The molecule has 3 rings (SSSR count). The van der Waals surface area contributed by atoms with Crippen molar-refractivity contribution in [1.82, 2.24) is 0 Å². The van der Waals surface area contributed by atoms with Gasteiger partial charge in [0.05, 0.1) is 12.5 Å². The van der Waals surface area contributed by atoms with Crippen molar-refractivity contribution in [3.8, 4) is 0 Å². The molecule has 0 bridgehead atoms. The summed E-state index contributed by atoms with van der Waals surface area (Å²) < 4.78 is 5.67. The van der Waals surface area contributed by atoms with Crippen LogP contribution in [0.3, 0.4) is 0 Å². The van der Waals surface area contributed by atoms with E-state index >= 15 is 0 Å². The largest absolute Gasteiger partial charge is 0.465 e. The minimum atomic E-state index is 0.0903. The van der Waals surface area contributed by atoms with Crippen LogP contribution < -0.4 is 0 Å². The lowest BCUT2D eigenvalue weighted by Crippen LogP contribution is -2.27. The standard InChI is InChI=1S/C22H38O3/c23-15-19-8-6-17(7-9-19)14-18-10-12-21(13-11-18)22(24)25-16-20-4-2-1-3-5-20/h17-21,23H,1-16H2. The number of carbonyl (C=O) groups excluding carboxylic acids is 1. The molecule has 0 unspecified atom stereocenters. The van der Waals surface area contributed by atoms with E-state index < -0.39 is 0 Å². The SMILES string of the molecule is O=C(OCC1CCCCC1)C1CCC(CC2CCC(CO)CC2)CC1. The van der Waals surface area contributed by atoms with Gasteiger partial charge in [-0.2, -0.15) is 0 Å². The lowest BCUT2D eigenvalue weighted by molar-refractivity contribution is -0.151. The lowest BCUT2D eigenvalue weighted by Gasteiger charge is -2.33. The van der Waals surface area contributed by atoms with Gasteiger partial charge in [0.25, 0.3) is 0 Å². The number of ether oxygens (including phenoxy) is 1. The van der Waals surface area contributed by atoms with Crippen LogP contribution in [-0.4, -0.2) is 24.3 Å². The number of aliphatic hydroxyl groups excluding tert-OH is 1. The highest BCUT2D eigenvalue weighted by atomic mass is 16.5. The minimum Gasteiger partial charge on any atom is -0.465 e. The third-order valence-corrected chi connectivity index (χ3v) is 7.26. The second-order valence-corrected chi connectivity index (χ2v) is 9.16. The van der Waals surface area contributed by atoms with Crippen molar-refractivity contribution in [2.75, 3.05) is 13.2 Å². The van der Waals surface area contributed by atoms with Crippen LogP contribution >= 0.6 is 0 Å². The Hall–Kier alpha value is -0.570. The van der Waals surface area contributed by atoms with Gasteiger partial charge in [0, 0.05) is 6.61 Å². The highest BCUT2D eigenvalue weighted by Crippen LogP contribution is 2.38. The molecule has 0 saturated heterocycles. The molecule has 0 amide bonds. The molecular formula is C22H38O3. The fourth-order valence-corrected chi connectivity index (χ4v) is 5.43. The minimum absolute atomic E-state index is 0.0903. The average molecular weight is 351 g/mol. The van der Waals surface area contributed by atoms with Crippen LogP contribution in [0.4, 0.5) is 0 Å². The van der Waals surface area contributed by atoms with Gasteiger partial charge in [-0.25, -0.2) is 0 Å². The van der Waals surface area contributed by atoms with Crippen molar-refractivity contribution in [1.29, 1.82) is 0 Å². The van der Waals surface area contributed by atoms with E-state index in [0.717, 1.165) is 24.7 Å². The van der Waals surface area contributed by atoms with E-state index in [9.17, 15) is 9.90 Å². The van der Waals surface area contributed by atoms with Crippen LogP contribution in [-0.2, 0) is 9.53 Å². The van der Waals surface area contributed by atoms with Gasteiger partial charge in [-0.3, -0.25) is 4.79 Å². The Balaban J connectivity index is 1.30. The Bertz CT molecular complexity index is 386. The molecule has 25 heavy (non-hydrogen) atoms. The second-order valence-electron chi connectivity index (χ2n) is 9.16. The van der Waals surface area contributed by atoms with E-state index in [1.54, 1.807) is 0 Å². The van der Waals surface area contributed by atoms with Gasteiger partial charge in [-0.1, -0.05) is 32.1 Å². The Morgan fingerprint density at radius 2 is 1.28 bits per heavy atom. The molecule has 0 spiro atoms. The zero-order valence-electron chi connectivity index (χ0n) is 16.0. The lowest BCUT2D eigenvalue weighted by atomic mass is 9.73. The summed E-state index contributed by atoms with van der Waals surface area (Å²) in [4.78, 5) is 12.4. The zero-order valence-corrected chi connectivity index (χ0v) is 16.0. The van der Waals surface area contributed by atoms with E-state index in [-0.39, 0.29) is 11.9 Å². The maximum Gasteiger partial charge on any atom is 0.308 e. The molecule has 3 aliphatic rings. The van der Waals surface area contributed by atoms with Crippen LogP contribution in [0, 0.1) is 29.6 Å². The number of carbonyl (C=O) groups is 1. The Morgan fingerprint density at radius 1 is 0.720 bits per heavy atom. The molecule has 3 saturated carbocycles. The van der Waals surface area contributed by atoms with Crippen LogP contribution in [0.5, 0.6) is 0 Å². The van der Waals surface area contributed by atoms with E-state index in [4.69, 9.17) is 4.74 Å². The van der Waals surface area contributed by atoms with Crippen molar-refractivity contribution < 1.29 is 14.6 Å². The Morgan fingerprint density at radius 3 is 1.88 bits per heavy atom. The molecule has 0 aromatic carbocycles. The monoisotopic (exact) mass is 350 g/mol. The fourth-order valence-electron chi connectivity index (χ4n) is 5.43. The van der Waals surface area contributed by atoms with E-state index in [0.29, 0.717) is 25.0 Å². The van der Waals surface area contributed by atoms with Gasteiger partial charge in [0.1, 0.15) is 0 Å². The molecule has 0 atom stereocenters. The van der Waals surface area contributed by atoms with Gasteiger partial charge in [0.2, 0.25) is 0 Å². The highest BCUT2D eigenvalue weighted by molar-refractivity contribution is 5.72. The Labute approximate surface area is 153 Å².